The predicted molar refractivity (Wildman–Crippen MR) is 92.3 cm³/mol. The molecule has 0 aliphatic carbocycles. The van der Waals surface area contributed by atoms with Gasteiger partial charge in [0.05, 0.1) is 17.6 Å². The van der Waals surface area contributed by atoms with E-state index in [9.17, 15) is 19.1 Å². The van der Waals surface area contributed by atoms with Crippen LogP contribution in [-0.4, -0.2) is 26.8 Å². The minimum absolute atomic E-state index is 0.0162. The van der Waals surface area contributed by atoms with Crippen LogP contribution in [0.4, 0.5) is 14.9 Å². The molecule has 0 spiro atoms. The highest BCUT2D eigenvalue weighted by atomic mass is 19.1. The van der Waals surface area contributed by atoms with Crippen molar-refractivity contribution in [3.63, 3.8) is 0 Å². The maximum Gasteiger partial charge on any atom is 0.316 e. The molecule has 9 heteroatoms. The van der Waals surface area contributed by atoms with Crippen molar-refractivity contribution < 1.29 is 19.1 Å². The van der Waals surface area contributed by atoms with E-state index in [4.69, 9.17) is 11.5 Å². The molecule has 0 aliphatic heterocycles. The van der Waals surface area contributed by atoms with Gasteiger partial charge in [0.15, 0.2) is 5.69 Å². The number of aromatic nitrogens is 2. The van der Waals surface area contributed by atoms with Crippen LogP contribution in [0, 0.1) is 5.82 Å². The van der Waals surface area contributed by atoms with E-state index in [2.05, 4.69) is 10.4 Å². The van der Waals surface area contributed by atoms with Crippen LogP contribution in [-0.2, 0) is 0 Å². The van der Waals surface area contributed by atoms with Crippen molar-refractivity contribution in [1.29, 1.82) is 0 Å². The summed E-state index contributed by atoms with van der Waals surface area (Å²) in [7, 11) is 0. The number of nitrogens with two attached hydrogens (primary N) is 2. The Kier molecular flexibility index (Phi) is 4.27. The summed E-state index contributed by atoms with van der Waals surface area (Å²) in [6.45, 7) is 0. The van der Waals surface area contributed by atoms with Gasteiger partial charge in [-0.15, -0.1) is 0 Å². The van der Waals surface area contributed by atoms with Crippen LogP contribution in [0.2, 0.25) is 0 Å². The van der Waals surface area contributed by atoms with Crippen LogP contribution in [0.15, 0.2) is 48.7 Å². The van der Waals surface area contributed by atoms with E-state index in [1.807, 2.05) is 0 Å². The Hall–Kier alpha value is -3.88. The second-order valence-corrected chi connectivity index (χ2v) is 5.40. The van der Waals surface area contributed by atoms with E-state index in [1.165, 1.54) is 35.1 Å². The molecule has 0 fully saturated rings. The summed E-state index contributed by atoms with van der Waals surface area (Å²) in [5.41, 5.74) is 11.2. The standard InChI is InChI=1S/C17H14FN5O3/c18-13-7-10(4-5-12(13)9-2-1-3-11(24)6-9)23-8-14(21-17(20)26)15(22-23)16(19)25/h1-8,24H,(H2,19,25)(H3,20,21,26). The molecule has 0 saturated heterocycles. The molecule has 1 heterocycles. The average Bonchev–Trinajstić information content (AvgIpc) is 2.98. The summed E-state index contributed by atoms with van der Waals surface area (Å²) in [6.07, 6.45) is 1.30. The van der Waals surface area contributed by atoms with Crippen molar-refractivity contribution in [3.05, 3.63) is 60.2 Å². The first kappa shape index (κ1) is 17.0. The van der Waals surface area contributed by atoms with E-state index >= 15 is 0 Å². The lowest BCUT2D eigenvalue weighted by Gasteiger charge is -2.07. The highest BCUT2D eigenvalue weighted by molar-refractivity contribution is 6.00. The molecular formula is C17H14FN5O3. The number of anilines is 1. The molecule has 0 unspecified atom stereocenters. The number of amides is 3. The SMILES string of the molecule is NC(=O)Nc1cn(-c2ccc(-c3cccc(O)c3)c(F)c2)nc1C(N)=O. The van der Waals surface area contributed by atoms with Gasteiger partial charge in [0.2, 0.25) is 0 Å². The quantitative estimate of drug-likeness (QED) is 0.569. The van der Waals surface area contributed by atoms with Crippen LogP contribution in [0.3, 0.4) is 0 Å². The maximum absolute atomic E-state index is 14.5. The zero-order valence-corrected chi connectivity index (χ0v) is 13.3. The Labute approximate surface area is 146 Å². The van der Waals surface area contributed by atoms with E-state index in [-0.39, 0.29) is 22.7 Å². The minimum atomic E-state index is -0.891. The Morgan fingerprint density at radius 2 is 1.92 bits per heavy atom. The van der Waals surface area contributed by atoms with Gasteiger partial charge >= 0.3 is 6.03 Å². The van der Waals surface area contributed by atoms with E-state index < -0.39 is 17.8 Å². The van der Waals surface area contributed by atoms with Crippen LogP contribution in [0.1, 0.15) is 10.5 Å². The fraction of sp³-hybridized carbons (Fsp3) is 0. The number of phenols is 1. The normalized spacial score (nSPS) is 10.5. The molecule has 6 N–H and O–H groups in total. The lowest BCUT2D eigenvalue weighted by molar-refractivity contribution is 0.0996. The number of hydrogen-bond acceptors (Lipinski definition) is 4. The zero-order valence-electron chi connectivity index (χ0n) is 13.3. The van der Waals surface area contributed by atoms with Crippen LogP contribution >= 0.6 is 0 Å². The molecule has 1 aromatic heterocycles. The van der Waals surface area contributed by atoms with Gasteiger partial charge in [-0.1, -0.05) is 12.1 Å². The first-order valence-electron chi connectivity index (χ1n) is 7.40. The maximum atomic E-state index is 14.5. The smallest absolute Gasteiger partial charge is 0.316 e. The summed E-state index contributed by atoms with van der Waals surface area (Å²) in [4.78, 5) is 22.5. The Bertz CT molecular complexity index is 1020. The van der Waals surface area contributed by atoms with Crippen molar-refractivity contribution in [3.8, 4) is 22.6 Å². The first-order valence-corrected chi connectivity index (χ1v) is 7.40. The Balaban J connectivity index is 2.02. The van der Waals surface area contributed by atoms with Crippen molar-refractivity contribution in [1.82, 2.24) is 9.78 Å². The van der Waals surface area contributed by atoms with Crippen LogP contribution in [0.5, 0.6) is 5.75 Å². The molecule has 0 bridgehead atoms. The number of benzene rings is 2. The molecule has 8 nitrogen and oxygen atoms in total. The number of rotatable bonds is 4. The highest BCUT2D eigenvalue weighted by Crippen LogP contribution is 2.27. The molecule has 3 amide bonds. The van der Waals surface area contributed by atoms with Crippen LogP contribution in [0.25, 0.3) is 16.8 Å². The van der Waals surface area contributed by atoms with E-state index in [0.717, 1.165) is 0 Å². The molecule has 0 atom stereocenters. The summed E-state index contributed by atoms with van der Waals surface area (Å²) >= 11 is 0. The van der Waals surface area contributed by atoms with Crippen molar-refractivity contribution in [2.75, 3.05) is 5.32 Å². The van der Waals surface area contributed by atoms with Crippen molar-refractivity contribution in [2.24, 2.45) is 11.5 Å². The van der Waals surface area contributed by atoms with Crippen molar-refractivity contribution >= 4 is 17.6 Å². The molecule has 2 aromatic carbocycles. The van der Waals surface area contributed by atoms with Gasteiger partial charge in [0, 0.05) is 11.6 Å². The van der Waals surface area contributed by atoms with E-state index in [1.54, 1.807) is 18.2 Å². The fourth-order valence-corrected chi connectivity index (χ4v) is 2.47. The summed E-state index contributed by atoms with van der Waals surface area (Å²) in [5, 5.41) is 15.7. The third-order valence-electron chi connectivity index (χ3n) is 3.58. The second kappa shape index (κ2) is 6.55. The lowest BCUT2D eigenvalue weighted by atomic mass is 10.0. The second-order valence-electron chi connectivity index (χ2n) is 5.40. The number of phenolic OH excluding ortho intramolecular Hbond substituents is 1. The minimum Gasteiger partial charge on any atom is -0.508 e. The Morgan fingerprint density at radius 1 is 1.15 bits per heavy atom. The monoisotopic (exact) mass is 355 g/mol. The van der Waals surface area contributed by atoms with Gasteiger partial charge in [-0.3, -0.25) is 4.79 Å². The summed E-state index contributed by atoms with van der Waals surface area (Å²) in [6, 6.07) is 9.56. The number of urea groups is 1. The molecule has 3 rings (SSSR count). The number of carbonyl (C=O) groups is 2. The summed E-state index contributed by atoms with van der Waals surface area (Å²) < 4.78 is 15.7. The third-order valence-corrected chi connectivity index (χ3v) is 3.58. The molecule has 0 aliphatic rings. The van der Waals surface area contributed by atoms with Gasteiger partial charge in [-0.2, -0.15) is 5.10 Å². The van der Waals surface area contributed by atoms with Gasteiger partial charge in [-0.05, 0) is 29.8 Å². The fourth-order valence-electron chi connectivity index (χ4n) is 2.47. The zero-order chi connectivity index (χ0) is 18.8. The highest BCUT2D eigenvalue weighted by Gasteiger charge is 2.17. The number of nitrogens with one attached hydrogen (secondary N) is 1. The number of carbonyl (C=O) groups excluding carboxylic acids is 2. The largest absolute Gasteiger partial charge is 0.508 e. The van der Waals surface area contributed by atoms with Crippen molar-refractivity contribution in [2.45, 2.75) is 0 Å². The number of nitrogens with zero attached hydrogens (tertiary/aromatic N) is 2. The van der Waals surface area contributed by atoms with Gasteiger partial charge in [-0.25, -0.2) is 13.9 Å². The molecule has 0 radical (unpaired) electrons. The predicted octanol–water partition coefficient (Wildman–Crippen LogP) is 1.97. The molecular weight excluding hydrogens is 341 g/mol. The molecule has 0 saturated carbocycles. The molecule has 26 heavy (non-hydrogen) atoms. The number of primary amides is 2. The first-order chi connectivity index (χ1) is 12.3. The number of hydrogen-bond donors (Lipinski definition) is 4. The average molecular weight is 355 g/mol. The number of halogens is 1. The van der Waals surface area contributed by atoms with E-state index in [0.29, 0.717) is 11.3 Å². The molecule has 132 valence electrons. The topological polar surface area (TPSA) is 136 Å². The summed E-state index contributed by atoms with van der Waals surface area (Å²) in [5.74, 6) is -1.41. The Morgan fingerprint density at radius 3 is 2.54 bits per heavy atom. The van der Waals surface area contributed by atoms with Crippen LogP contribution < -0.4 is 16.8 Å². The van der Waals surface area contributed by atoms with Gasteiger partial charge < -0.3 is 21.9 Å². The number of aromatic hydroxyl groups is 1. The van der Waals surface area contributed by atoms with Gasteiger partial charge in [0.1, 0.15) is 11.6 Å². The van der Waals surface area contributed by atoms with Gasteiger partial charge in [0.25, 0.3) is 5.91 Å². The lowest BCUT2D eigenvalue weighted by Crippen LogP contribution is -2.22. The molecule has 3 aromatic rings. The third kappa shape index (κ3) is 3.31.